The van der Waals surface area contributed by atoms with Gasteiger partial charge in [0.25, 0.3) is 5.69 Å². The van der Waals surface area contributed by atoms with Gasteiger partial charge in [-0.3, -0.25) is 24.8 Å². The number of nitrogens with zero attached hydrogens (tertiary/aromatic N) is 5. The SMILES string of the molecule is Cc1nnc(S[C@@H](C[N+](=O)[O-])c2ccc(OCc3ccc([N+](=O)[O-])cc3)c(Cl)c2)n1-c1ccccc1. The molecular weight excluding hydrogens is 506 g/mol. The molecule has 4 rings (SSSR count). The van der Waals surface area contributed by atoms with Gasteiger partial charge in [0.1, 0.15) is 23.4 Å². The Bertz CT molecular complexity index is 1380. The van der Waals surface area contributed by atoms with E-state index in [0.717, 1.165) is 11.3 Å². The van der Waals surface area contributed by atoms with Crippen molar-refractivity contribution in [2.24, 2.45) is 0 Å². The zero-order chi connectivity index (χ0) is 25.7. The lowest BCUT2D eigenvalue weighted by Crippen LogP contribution is -2.11. The largest absolute Gasteiger partial charge is 0.487 e. The summed E-state index contributed by atoms with van der Waals surface area (Å²) in [7, 11) is 0. The molecule has 12 heteroatoms. The third-order valence-corrected chi connectivity index (χ3v) is 6.72. The molecule has 0 aliphatic heterocycles. The van der Waals surface area contributed by atoms with E-state index >= 15 is 0 Å². The average Bonchev–Trinajstić information content (AvgIpc) is 3.23. The lowest BCUT2D eigenvalue weighted by molar-refractivity contribution is -0.479. The second kappa shape index (κ2) is 11.2. The van der Waals surface area contributed by atoms with E-state index < -0.39 is 10.2 Å². The molecule has 1 atom stereocenters. The number of hydrogen-bond donors (Lipinski definition) is 0. The Hall–Kier alpha value is -3.96. The summed E-state index contributed by atoms with van der Waals surface area (Å²) in [6.45, 7) is 1.63. The molecule has 184 valence electrons. The van der Waals surface area contributed by atoms with Crippen molar-refractivity contribution in [3.05, 3.63) is 115 Å². The summed E-state index contributed by atoms with van der Waals surface area (Å²) in [6.07, 6.45) is 0. The highest BCUT2D eigenvalue weighted by molar-refractivity contribution is 7.99. The van der Waals surface area contributed by atoms with Crippen molar-refractivity contribution in [1.29, 1.82) is 0 Å². The Morgan fingerprint density at radius 2 is 1.75 bits per heavy atom. The molecule has 1 aromatic heterocycles. The van der Waals surface area contributed by atoms with Crippen LogP contribution in [0, 0.1) is 27.2 Å². The van der Waals surface area contributed by atoms with Crippen LogP contribution in [0.1, 0.15) is 22.2 Å². The molecule has 0 saturated carbocycles. The fraction of sp³-hybridized carbons (Fsp3) is 0.167. The molecule has 0 unspecified atom stereocenters. The number of non-ortho nitro benzene ring substituents is 1. The molecule has 0 radical (unpaired) electrons. The third-order valence-electron chi connectivity index (χ3n) is 5.24. The molecule has 0 N–H and O–H groups in total. The maximum Gasteiger partial charge on any atom is 0.269 e. The van der Waals surface area contributed by atoms with E-state index in [0.29, 0.717) is 27.3 Å². The predicted octanol–water partition coefficient (Wildman–Crippen LogP) is 5.83. The van der Waals surface area contributed by atoms with E-state index in [9.17, 15) is 20.2 Å². The lowest BCUT2D eigenvalue weighted by Gasteiger charge is -2.16. The molecule has 0 fully saturated rings. The van der Waals surface area contributed by atoms with E-state index in [-0.39, 0.29) is 23.8 Å². The van der Waals surface area contributed by atoms with Crippen LogP contribution in [0.2, 0.25) is 5.02 Å². The summed E-state index contributed by atoms with van der Waals surface area (Å²) in [5.41, 5.74) is 2.23. The van der Waals surface area contributed by atoms with Gasteiger partial charge in [-0.05, 0) is 54.4 Å². The first-order valence-electron chi connectivity index (χ1n) is 10.7. The van der Waals surface area contributed by atoms with E-state index in [1.807, 2.05) is 41.8 Å². The standard InChI is InChI=1S/C24H20ClN5O5S/c1-16-26-27-24(29(16)19-5-3-2-4-6-19)36-23(14-28(31)32)18-9-12-22(21(25)13-18)35-15-17-7-10-20(11-8-17)30(33)34/h2-13,23H,14-15H2,1H3/t23-/m0/s1. The number of nitro benzene ring substituents is 1. The maximum absolute atomic E-state index is 11.5. The maximum atomic E-state index is 11.5. The molecule has 0 spiro atoms. The summed E-state index contributed by atoms with van der Waals surface area (Å²) in [4.78, 5) is 21.4. The van der Waals surface area contributed by atoms with Crippen LogP contribution < -0.4 is 4.74 Å². The number of benzene rings is 3. The molecule has 10 nitrogen and oxygen atoms in total. The van der Waals surface area contributed by atoms with Crippen molar-refractivity contribution in [3.8, 4) is 11.4 Å². The quantitative estimate of drug-likeness (QED) is 0.144. The van der Waals surface area contributed by atoms with Crippen LogP contribution in [0.4, 0.5) is 5.69 Å². The van der Waals surface area contributed by atoms with Crippen LogP contribution in [-0.2, 0) is 6.61 Å². The number of rotatable bonds is 10. The van der Waals surface area contributed by atoms with Crippen molar-refractivity contribution < 1.29 is 14.6 Å². The number of aryl methyl sites for hydroxylation is 1. The molecule has 0 saturated heterocycles. The lowest BCUT2D eigenvalue weighted by atomic mass is 10.1. The topological polar surface area (TPSA) is 126 Å². The number of para-hydroxylation sites is 1. The summed E-state index contributed by atoms with van der Waals surface area (Å²) < 4.78 is 7.62. The molecule has 0 amide bonds. The first kappa shape index (κ1) is 25.1. The van der Waals surface area contributed by atoms with E-state index in [1.165, 1.54) is 23.9 Å². The van der Waals surface area contributed by atoms with Crippen LogP contribution >= 0.6 is 23.4 Å². The molecule has 1 heterocycles. The first-order chi connectivity index (χ1) is 17.3. The average molecular weight is 526 g/mol. The summed E-state index contributed by atoms with van der Waals surface area (Å²) in [5.74, 6) is 1.06. The Kier molecular flexibility index (Phi) is 7.81. The van der Waals surface area contributed by atoms with Crippen LogP contribution in [0.5, 0.6) is 5.75 Å². The highest BCUT2D eigenvalue weighted by Crippen LogP contribution is 2.38. The minimum absolute atomic E-state index is 0.00578. The van der Waals surface area contributed by atoms with E-state index in [4.69, 9.17) is 16.3 Å². The van der Waals surface area contributed by atoms with Crippen LogP contribution in [0.15, 0.2) is 78.0 Å². The van der Waals surface area contributed by atoms with Gasteiger partial charge >= 0.3 is 0 Å². The molecule has 36 heavy (non-hydrogen) atoms. The molecule has 0 bridgehead atoms. The van der Waals surface area contributed by atoms with Gasteiger partial charge in [-0.2, -0.15) is 0 Å². The van der Waals surface area contributed by atoms with Crippen LogP contribution in [0.25, 0.3) is 5.69 Å². The van der Waals surface area contributed by atoms with Crippen molar-refractivity contribution >= 4 is 29.1 Å². The van der Waals surface area contributed by atoms with Gasteiger partial charge in [0.15, 0.2) is 5.16 Å². The van der Waals surface area contributed by atoms with Crippen molar-refractivity contribution in [2.75, 3.05) is 6.54 Å². The molecule has 4 aromatic rings. The second-order valence-electron chi connectivity index (χ2n) is 7.72. The first-order valence-corrected chi connectivity index (χ1v) is 12.0. The minimum Gasteiger partial charge on any atom is -0.487 e. The summed E-state index contributed by atoms with van der Waals surface area (Å²) in [6, 6.07) is 20.6. The molecule has 0 aliphatic rings. The molecule has 3 aromatic carbocycles. The van der Waals surface area contributed by atoms with Gasteiger partial charge in [0, 0.05) is 22.7 Å². The Morgan fingerprint density at radius 1 is 1.03 bits per heavy atom. The van der Waals surface area contributed by atoms with Gasteiger partial charge < -0.3 is 4.74 Å². The van der Waals surface area contributed by atoms with Gasteiger partial charge in [0.05, 0.1) is 9.95 Å². The monoisotopic (exact) mass is 525 g/mol. The number of nitro groups is 2. The third kappa shape index (κ3) is 5.99. The van der Waals surface area contributed by atoms with Gasteiger partial charge in [-0.25, -0.2) is 0 Å². The fourth-order valence-corrected chi connectivity index (χ4v) is 4.88. The molecular formula is C24H20ClN5O5S. The van der Waals surface area contributed by atoms with Crippen molar-refractivity contribution in [3.63, 3.8) is 0 Å². The number of ether oxygens (including phenoxy) is 1. The smallest absolute Gasteiger partial charge is 0.269 e. The van der Waals surface area contributed by atoms with Gasteiger partial charge in [-0.15, -0.1) is 10.2 Å². The van der Waals surface area contributed by atoms with E-state index in [2.05, 4.69) is 10.2 Å². The van der Waals surface area contributed by atoms with Crippen molar-refractivity contribution in [1.82, 2.24) is 14.8 Å². The Morgan fingerprint density at radius 3 is 2.39 bits per heavy atom. The molecule has 0 aliphatic carbocycles. The fourth-order valence-electron chi connectivity index (χ4n) is 3.48. The summed E-state index contributed by atoms with van der Waals surface area (Å²) in [5, 5.41) is 30.9. The highest BCUT2D eigenvalue weighted by Gasteiger charge is 2.24. The van der Waals surface area contributed by atoms with E-state index in [1.54, 1.807) is 30.3 Å². The predicted molar refractivity (Wildman–Crippen MR) is 135 cm³/mol. The second-order valence-corrected chi connectivity index (χ2v) is 9.30. The minimum atomic E-state index is -0.577. The zero-order valence-electron chi connectivity index (χ0n) is 19.0. The zero-order valence-corrected chi connectivity index (χ0v) is 20.6. The van der Waals surface area contributed by atoms with Crippen LogP contribution in [0.3, 0.4) is 0 Å². The number of thioether (sulfide) groups is 1. The number of hydrogen-bond acceptors (Lipinski definition) is 8. The van der Waals surface area contributed by atoms with Gasteiger partial charge in [-0.1, -0.05) is 47.6 Å². The summed E-state index contributed by atoms with van der Waals surface area (Å²) >= 11 is 7.68. The highest BCUT2D eigenvalue weighted by atomic mass is 35.5. The number of aromatic nitrogens is 3. The Balaban J connectivity index is 1.53. The normalized spacial score (nSPS) is 11.7. The Labute approximate surface area is 215 Å². The van der Waals surface area contributed by atoms with Crippen molar-refractivity contribution in [2.45, 2.75) is 23.9 Å². The van der Waals surface area contributed by atoms with Gasteiger partial charge in [0.2, 0.25) is 6.54 Å². The van der Waals surface area contributed by atoms with Crippen LogP contribution in [-0.4, -0.2) is 31.2 Å². The number of halogens is 1.